The van der Waals surface area contributed by atoms with Gasteiger partial charge in [-0.15, -0.1) is 0 Å². The van der Waals surface area contributed by atoms with Gasteiger partial charge in [0.05, 0.1) is 29.6 Å². The third-order valence-electron chi connectivity index (χ3n) is 2.63. The van der Waals surface area contributed by atoms with Crippen LogP contribution < -0.4 is 10.5 Å². The average molecular weight is 283 g/mol. The van der Waals surface area contributed by atoms with Gasteiger partial charge in [0.15, 0.2) is 0 Å². The van der Waals surface area contributed by atoms with Crippen LogP contribution in [0.15, 0.2) is 36.5 Å². The number of nitrogens with two attached hydrogens (primary N) is 1. The molecule has 1 aromatic carbocycles. The predicted octanol–water partition coefficient (Wildman–Crippen LogP) is 2.50. The molecule has 0 aliphatic carbocycles. The molecule has 1 aromatic heterocycles. The van der Waals surface area contributed by atoms with Crippen molar-refractivity contribution in [3.05, 3.63) is 47.7 Å². The van der Waals surface area contributed by atoms with Crippen molar-refractivity contribution >= 4 is 11.7 Å². The number of carbonyl (C=O) groups is 1. The molecule has 0 radical (unpaired) electrons. The maximum atomic E-state index is 11.8. The van der Waals surface area contributed by atoms with Crippen molar-refractivity contribution in [2.24, 2.45) is 0 Å². The van der Waals surface area contributed by atoms with Crippen LogP contribution in [0.2, 0.25) is 0 Å². The summed E-state index contributed by atoms with van der Waals surface area (Å²) in [6, 6.07) is 10.1. The molecule has 21 heavy (non-hydrogen) atoms. The molecule has 0 saturated heterocycles. The normalized spacial score (nSPS) is 9.71. The molecule has 0 atom stereocenters. The number of hydrogen-bond acceptors (Lipinski definition) is 6. The Bertz CT molecular complexity index is 708. The second kappa shape index (κ2) is 6.39. The van der Waals surface area contributed by atoms with E-state index in [0.717, 1.165) is 0 Å². The number of nitrogen functional groups attached to an aromatic ring is 1. The van der Waals surface area contributed by atoms with E-state index in [9.17, 15) is 4.79 Å². The Morgan fingerprint density at radius 3 is 2.90 bits per heavy atom. The lowest BCUT2D eigenvalue weighted by molar-refractivity contribution is 0.0527. The fourth-order valence-corrected chi connectivity index (χ4v) is 1.65. The third-order valence-corrected chi connectivity index (χ3v) is 2.63. The molecule has 0 aliphatic heterocycles. The number of ether oxygens (including phenoxy) is 2. The van der Waals surface area contributed by atoms with Crippen LogP contribution in [0.3, 0.4) is 0 Å². The fraction of sp³-hybridized carbons (Fsp3) is 0.133. The van der Waals surface area contributed by atoms with E-state index in [1.165, 1.54) is 12.3 Å². The molecular formula is C15H13N3O3. The first-order chi connectivity index (χ1) is 10.2. The zero-order chi connectivity index (χ0) is 15.2. The summed E-state index contributed by atoms with van der Waals surface area (Å²) in [5.41, 5.74) is 6.45. The molecule has 106 valence electrons. The van der Waals surface area contributed by atoms with Crippen LogP contribution in [0.4, 0.5) is 5.69 Å². The number of esters is 1. The minimum absolute atomic E-state index is 0.162. The van der Waals surface area contributed by atoms with Gasteiger partial charge in [0, 0.05) is 6.07 Å². The first-order valence-corrected chi connectivity index (χ1v) is 6.25. The molecule has 0 saturated carbocycles. The smallest absolute Gasteiger partial charge is 0.340 e. The van der Waals surface area contributed by atoms with Gasteiger partial charge < -0.3 is 15.2 Å². The lowest BCUT2D eigenvalue weighted by Gasteiger charge is -2.09. The standard InChI is InChI=1S/C15H13N3O3/c1-2-20-15(19)11-7-14(18-9-12(11)17)21-13-6-4-3-5-10(13)8-16/h3-7,9H,2,17H2,1H3. The molecular weight excluding hydrogens is 270 g/mol. The highest BCUT2D eigenvalue weighted by molar-refractivity contribution is 5.95. The fourth-order valence-electron chi connectivity index (χ4n) is 1.65. The largest absolute Gasteiger partial charge is 0.462 e. The van der Waals surface area contributed by atoms with Crippen molar-refractivity contribution in [3.8, 4) is 17.7 Å². The molecule has 6 nitrogen and oxygen atoms in total. The number of hydrogen-bond donors (Lipinski definition) is 1. The van der Waals surface area contributed by atoms with E-state index in [1.54, 1.807) is 31.2 Å². The number of benzene rings is 1. The second-order valence-electron chi connectivity index (χ2n) is 4.04. The summed E-state index contributed by atoms with van der Waals surface area (Å²) in [6.07, 6.45) is 1.32. The monoisotopic (exact) mass is 283 g/mol. The highest BCUT2D eigenvalue weighted by Crippen LogP contribution is 2.25. The van der Waals surface area contributed by atoms with Gasteiger partial charge in [-0.25, -0.2) is 9.78 Å². The topological polar surface area (TPSA) is 98.2 Å². The summed E-state index contributed by atoms with van der Waals surface area (Å²) in [7, 11) is 0. The highest BCUT2D eigenvalue weighted by atomic mass is 16.5. The molecule has 0 spiro atoms. The van der Waals surface area contributed by atoms with Crippen LogP contribution in [0, 0.1) is 11.3 Å². The number of nitrogens with zero attached hydrogens (tertiary/aromatic N) is 2. The molecule has 0 unspecified atom stereocenters. The van der Waals surface area contributed by atoms with Crippen molar-refractivity contribution in [1.82, 2.24) is 4.98 Å². The van der Waals surface area contributed by atoms with E-state index in [2.05, 4.69) is 4.98 Å². The van der Waals surface area contributed by atoms with Gasteiger partial charge in [-0.05, 0) is 19.1 Å². The van der Waals surface area contributed by atoms with Crippen LogP contribution in [0.25, 0.3) is 0 Å². The van der Waals surface area contributed by atoms with Crippen molar-refractivity contribution in [2.75, 3.05) is 12.3 Å². The zero-order valence-electron chi connectivity index (χ0n) is 11.4. The lowest BCUT2D eigenvalue weighted by Crippen LogP contribution is -2.08. The van der Waals surface area contributed by atoms with Crippen LogP contribution in [0.1, 0.15) is 22.8 Å². The number of nitriles is 1. The van der Waals surface area contributed by atoms with E-state index in [1.807, 2.05) is 6.07 Å². The van der Waals surface area contributed by atoms with E-state index >= 15 is 0 Å². The van der Waals surface area contributed by atoms with E-state index in [4.69, 9.17) is 20.5 Å². The van der Waals surface area contributed by atoms with Crippen molar-refractivity contribution < 1.29 is 14.3 Å². The number of anilines is 1. The van der Waals surface area contributed by atoms with Gasteiger partial charge >= 0.3 is 5.97 Å². The minimum Gasteiger partial charge on any atom is -0.462 e. The number of pyridine rings is 1. The number of para-hydroxylation sites is 1. The second-order valence-corrected chi connectivity index (χ2v) is 4.04. The van der Waals surface area contributed by atoms with Crippen molar-refractivity contribution in [2.45, 2.75) is 6.92 Å². The maximum Gasteiger partial charge on any atom is 0.340 e. The van der Waals surface area contributed by atoms with E-state index < -0.39 is 5.97 Å². The molecule has 2 aromatic rings. The summed E-state index contributed by atoms with van der Waals surface area (Å²) < 4.78 is 10.4. The molecule has 0 bridgehead atoms. The van der Waals surface area contributed by atoms with Gasteiger partial charge in [0.25, 0.3) is 0 Å². The Kier molecular flexibility index (Phi) is 4.36. The Morgan fingerprint density at radius 2 is 2.19 bits per heavy atom. The van der Waals surface area contributed by atoms with E-state index in [0.29, 0.717) is 11.3 Å². The Balaban J connectivity index is 2.31. The Hall–Kier alpha value is -3.07. The highest BCUT2D eigenvalue weighted by Gasteiger charge is 2.14. The first-order valence-electron chi connectivity index (χ1n) is 6.25. The van der Waals surface area contributed by atoms with Crippen LogP contribution in [0.5, 0.6) is 11.6 Å². The Morgan fingerprint density at radius 1 is 1.43 bits per heavy atom. The number of carbonyl (C=O) groups excluding carboxylic acids is 1. The van der Waals surface area contributed by atoms with Gasteiger partial charge in [0.2, 0.25) is 5.88 Å². The Labute approximate surface area is 121 Å². The van der Waals surface area contributed by atoms with Crippen LogP contribution in [-0.4, -0.2) is 17.6 Å². The minimum atomic E-state index is -0.546. The molecule has 2 rings (SSSR count). The molecule has 6 heteroatoms. The quantitative estimate of drug-likeness (QED) is 0.865. The molecule has 1 heterocycles. The van der Waals surface area contributed by atoms with Gasteiger partial charge in [0.1, 0.15) is 11.8 Å². The summed E-state index contributed by atoms with van der Waals surface area (Å²) in [6.45, 7) is 1.95. The summed E-state index contributed by atoms with van der Waals surface area (Å²) in [5, 5.41) is 9.01. The molecule has 2 N–H and O–H groups in total. The van der Waals surface area contributed by atoms with E-state index in [-0.39, 0.29) is 23.7 Å². The molecule has 0 aliphatic rings. The third kappa shape index (κ3) is 3.28. The maximum absolute atomic E-state index is 11.8. The number of rotatable bonds is 4. The van der Waals surface area contributed by atoms with Gasteiger partial charge in [-0.1, -0.05) is 12.1 Å². The summed E-state index contributed by atoms with van der Waals surface area (Å²) in [4.78, 5) is 15.7. The van der Waals surface area contributed by atoms with Gasteiger partial charge in [-0.2, -0.15) is 5.26 Å². The number of aromatic nitrogens is 1. The van der Waals surface area contributed by atoms with Crippen LogP contribution in [-0.2, 0) is 4.74 Å². The molecule has 0 fully saturated rings. The molecule has 0 amide bonds. The summed E-state index contributed by atoms with van der Waals surface area (Å²) in [5.74, 6) is -0.0298. The first kappa shape index (κ1) is 14.3. The average Bonchev–Trinajstić information content (AvgIpc) is 2.50. The van der Waals surface area contributed by atoms with Gasteiger partial charge in [-0.3, -0.25) is 0 Å². The SMILES string of the molecule is CCOC(=O)c1cc(Oc2ccccc2C#N)ncc1N. The van der Waals surface area contributed by atoms with Crippen molar-refractivity contribution in [3.63, 3.8) is 0 Å². The zero-order valence-corrected chi connectivity index (χ0v) is 11.4. The lowest BCUT2D eigenvalue weighted by atomic mass is 10.2. The summed E-state index contributed by atoms with van der Waals surface area (Å²) >= 11 is 0. The van der Waals surface area contributed by atoms with Crippen LogP contribution >= 0.6 is 0 Å². The predicted molar refractivity (Wildman–Crippen MR) is 75.8 cm³/mol. The van der Waals surface area contributed by atoms with Crippen molar-refractivity contribution in [1.29, 1.82) is 5.26 Å².